The standard InChI is InChI=1S/C20H17F2N3O2S/c1-11(15-9-13(21)5-8-16(15)22)24-25-20(26)19-17(23)10-18(28-19)12-3-6-14(27-2)7-4-12/h3-10H,23H2,1-2H3,(H,25,26)/b24-11-. The average molecular weight is 401 g/mol. The number of carbonyl (C=O) groups is 1. The molecule has 0 radical (unpaired) electrons. The summed E-state index contributed by atoms with van der Waals surface area (Å²) in [6, 6.07) is 12.1. The number of ether oxygens (including phenoxy) is 1. The second-order valence-electron chi connectivity index (χ2n) is 5.89. The average Bonchev–Trinajstić information content (AvgIpc) is 3.09. The van der Waals surface area contributed by atoms with Gasteiger partial charge in [-0.15, -0.1) is 11.3 Å². The number of thiophene rings is 1. The molecule has 0 atom stereocenters. The summed E-state index contributed by atoms with van der Waals surface area (Å²) < 4.78 is 32.2. The predicted molar refractivity (Wildman–Crippen MR) is 107 cm³/mol. The van der Waals surface area contributed by atoms with Gasteiger partial charge in [0, 0.05) is 10.4 Å². The summed E-state index contributed by atoms with van der Waals surface area (Å²) in [5.41, 5.74) is 9.60. The number of nitrogens with zero attached hydrogens (tertiary/aromatic N) is 1. The molecule has 0 spiro atoms. The van der Waals surface area contributed by atoms with Crippen molar-refractivity contribution in [3.05, 3.63) is 70.6 Å². The molecule has 0 fully saturated rings. The summed E-state index contributed by atoms with van der Waals surface area (Å²) in [6.45, 7) is 1.47. The van der Waals surface area contributed by atoms with Crippen LogP contribution in [-0.4, -0.2) is 18.7 Å². The first-order valence-electron chi connectivity index (χ1n) is 8.23. The highest BCUT2D eigenvalue weighted by atomic mass is 32.1. The van der Waals surface area contributed by atoms with E-state index in [4.69, 9.17) is 10.5 Å². The van der Waals surface area contributed by atoms with E-state index < -0.39 is 17.5 Å². The van der Waals surface area contributed by atoms with Crippen LogP contribution in [-0.2, 0) is 0 Å². The van der Waals surface area contributed by atoms with Gasteiger partial charge in [-0.05, 0) is 61.0 Å². The van der Waals surface area contributed by atoms with E-state index in [0.717, 1.165) is 34.4 Å². The van der Waals surface area contributed by atoms with Crippen molar-refractivity contribution >= 4 is 28.6 Å². The fourth-order valence-corrected chi connectivity index (χ4v) is 3.48. The van der Waals surface area contributed by atoms with Crippen LogP contribution < -0.4 is 15.9 Å². The molecule has 3 N–H and O–H groups in total. The summed E-state index contributed by atoms with van der Waals surface area (Å²) >= 11 is 1.21. The molecule has 1 heterocycles. The minimum absolute atomic E-state index is 0.0293. The molecule has 0 aliphatic heterocycles. The lowest BCUT2D eigenvalue weighted by Gasteiger charge is -2.04. The summed E-state index contributed by atoms with van der Waals surface area (Å²) in [7, 11) is 1.58. The van der Waals surface area contributed by atoms with Crippen molar-refractivity contribution in [3.63, 3.8) is 0 Å². The first-order valence-corrected chi connectivity index (χ1v) is 9.04. The van der Waals surface area contributed by atoms with Crippen LogP contribution in [0.2, 0.25) is 0 Å². The van der Waals surface area contributed by atoms with Crippen LogP contribution in [0.3, 0.4) is 0 Å². The number of hydrogen-bond acceptors (Lipinski definition) is 5. The Morgan fingerprint density at radius 3 is 2.54 bits per heavy atom. The number of hydrogen-bond donors (Lipinski definition) is 2. The van der Waals surface area contributed by atoms with E-state index in [2.05, 4.69) is 10.5 Å². The Hall–Kier alpha value is -3.26. The van der Waals surface area contributed by atoms with Gasteiger partial charge >= 0.3 is 0 Å². The van der Waals surface area contributed by atoms with E-state index in [1.54, 1.807) is 13.2 Å². The number of rotatable bonds is 5. The van der Waals surface area contributed by atoms with Gasteiger partial charge in [-0.1, -0.05) is 0 Å². The topological polar surface area (TPSA) is 76.7 Å². The molecule has 0 aliphatic carbocycles. The SMILES string of the molecule is COc1ccc(-c2cc(N)c(C(=O)N/N=C(/C)c3cc(F)ccc3F)s2)cc1. The summed E-state index contributed by atoms with van der Waals surface area (Å²) in [5, 5.41) is 3.86. The Kier molecular flexibility index (Phi) is 5.70. The van der Waals surface area contributed by atoms with Crippen molar-refractivity contribution in [1.82, 2.24) is 5.43 Å². The van der Waals surface area contributed by atoms with Gasteiger partial charge in [0.25, 0.3) is 5.91 Å². The van der Waals surface area contributed by atoms with Crippen LogP contribution in [0.5, 0.6) is 5.75 Å². The van der Waals surface area contributed by atoms with Crippen LogP contribution in [0.1, 0.15) is 22.2 Å². The third kappa shape index (κ3) is 4.17. The smallest absolute Gasteiger partial charge is 0.283 e. The highest BCUT2D eigenvalue weighted by molar-refractivity contribution is 7.18. The number of carbonyl (C=O) groups excluding carboxylic acids is 1. The van der Waals surface area contributed by atoms with Gasteiger partial charge in [0.1, 0.15) is 22.3 Å². The van der Waals surface area contributed by atoms with Gasteiger partial charge < -0.3 is 10.5 Å². The summed E-state index contributed by atoms with van der Waals surface area (Å²) in [4.78, 5) is 13.5. The number of anilines is 1. The largest absolute Gasteiger partial charge is 0.497 e. The molecule has 0 aliphatic rings. The fraction of sp³-hybridized carbons (Fsp3) is 0.100. The fourth-order valence-electron chi connectivity index (χ4n) is 2.50. The van der Waals surface area contributed by atoms with Crippen LogP contribution in [0.4, 0.5) is 14.5 Å². The highest BCUT2D eigenvalue weighted by Gasteiger charge is 2.16. The molecule has 0 saturated carbocycles. The molecule has 0 bridgehead atoms. The van der Waals surface area contributed by atoms with Crippen molar-refractivity contribution in [2.75, 3.05) is 12.8 Å². The van der Waals surface area contributed by atoms with E-state index in [9.17, 15) is 13.6 Å². The quantitative estimate of drug-likeness (QED) is 0.490. The highest BCUT2D eigenvalue weighted by Crippen LogP contribution is 2.34. The van der Waals surface area contributed by atoms with Gasteiger partial charge in [-0.25, -0.2) is 14.2 Å². The molecule has 144 valence electrons. The molecule has 8 heteroatoms. The Labute approximate surface area is 164 Å². The van der Waals surface area contributed by atoms with Gasteiger partial charge in [-0.3, -0.25) is 4.79 Å². The molecule has 2 aromatic carbocycles. The Morgan fingerprint density at radius 1 is 1.14 bits per heavy atom. The summed E-state index contributed by atoms with van der Waals surface area (Å²) in [5.74, 6) is -1.03. The Balaban J connectivity index is 1.79. The Bertz CT molecular complexity index is 1050. The first kappa shape index (κ1) is 19.5. The molecular formula is C20H17F2N3O2S. The van der Waals surface area contributed by atoms with E-state index in [-0.39, 0.29) is 16.2 Å². The molecule has 1 aromatic heterocycles. The number of hydrazone groups is 1. The van der Waals surface area contributed by atoms with E-state index >= 15 is 0 Å². The third-order valence-corrected chi connectivity index (χ3v) is 5.18. The number of nitrogens with two attached hydrogens (primary N) is 1. The lowest BCUT2D eigenvalue weighted by molar-refractivity contribution is 0.0959. The molecule has 0 saturated heterocycles. The van der Waals surface area contributed by atoms with Crippen LogP contribution in [0.15, 0.2) is 53.6 Å². The second-order valence-corrected chi connectivity index (χ2v) is 6.94. The molecule has 3 rings (SSSR count). The normalized spacial score (nSPS) is 11.4. The zero-order valence-corrected chi connectivity index (χ0v) is 15.9. The van der Waals surface area contributed by atoms with Gasteiger partial charge in [0.2, 0.25) is 0 Å². The second kappa shape index (κ2) is 8.18. The number of benzene rings is 2. The number of nitrogens with one attached hydrogen (secondary N) is 1. The molecule has 1 amide bonds. The van der Waals surface area contributed by atoms with Crippen molar-refractivity contribution in [3.8, 4) is 16.2 Å². The zero-order chi connectivity index (χ0) is 20.3. The van der Waals surface area contributed by atoms with Crippen LogP contribution in [0, 0.1) is 11.6 Å². The zero-order valence-electron chi connectivity index (χ0n) is 15.1. The van der Waals surface area contributed by atoms with Gasteiger partial charge in [-0.2, -0.15) is 5.10 Å². The number of halogens is 2. The van der Waals surface area contributed by atoms with Crippen LogP contribution in [0.25, 0.3) is 10.4 Å². The molecule has 28 heavy (non-hydrogen) atoms. The van der Waals surface area contributed by atoms with Gasteiger partial charge in [0.15, 0.2) is 0 Å². The van der Waals surface area contributed by atoms with E-state index in [1.165, 1.54) is 18.3 Å². The van der Waals surface area contributed by atoms with Gasteiger partial charge in [0.05, 0.1) is 18.5 Å². The predicted octanol–water partition coefficient (Wildman–Crippen LogP) is 4.44. The third-order valence-electron chi connectivity index (χ3n) is 3.98. The van der Waals surface area contributed by atoms with E-state index in [0.29, 0.717) is 5.69 Å². The van der Waals surface area contributed by atoms with Crippen LogP contribution >= 0.6 is 11.3 Å². The van der Waals surface area contributed by atoms with Crippen molar-refractivity contribution in [2.45, 2.75) is 6.92 Å². The lowest BCUT2D eigenvalue weighted by atomic mass is 10.1. The maximum absolute atomic E-state index is 13.8. The lowest BCUT2D eigenvalue weighted by Crippen LogP contribution is -2.19. The maximum atomic E-state index is 13.8. The first-order chi connectivity index (χ1) is 13.4. The minimum Gasteiger partial charge on any atom is -0.497 e. The number of nitrogen functional groups attached to an aromatic ring is 1. The molecule has 3 aromatic rings. The maximum Gasteiger partial charge on any atom is 0.283 e. The van der Waals surface area contributed by atoms with Crippen molar-refractivity contribution < 1.29 is 18.3 Å². The summed E-state index contributed by atoms with van der Waals surface area (Å²) in [6.07, 6.45) is 0. The number of amides is 1. The van der Waals surface area contributed by atoms with Crippen molar-refractivity contribution in [2.24, 2.45) is 5.10 Å². The van der Waals surface area contributed by atoms with E-state index in [1.807, 2.05) is 24.3 Å². The number of methoxy groups -OCH3 is 1. The minimum atomic E-state index is -0.630. The monoisotopic (exact) mass is 401 g/mol. The van der Waals surface area contributed by atoms with Crippen molar-refractivity contribution in [1.29, 1.82) is 0 Å². The Morgan fingerprint density at radius 2 is 1.86 bits per heavy atom. The molecule has 5 nitrogen and oxygen atoms in total. The molecular weight excluding hydrogens is 384 g/mol. The molecule has 0 unspecified atom stereocenters.